The molecule has 0 aromatic carbocycles. The summed E-state index contributed by atoms with van der Waals surface area (Å²) in [4.78, 5) is 6.20. The molecule has 2 heterocycles. The summed E-state index contributed by atoms with van der Waals surface area (Å²) in [6.45, 7) is 7.29. The number of hydrogen-bond donors (Lipinski definition) is 2. The Labute approximate surface area is 112 Å². The van der Waals surface area contributed by atoms with Crippen molar-refractivity contribution in [3.8, 4) is 0 Å². The highest BCUT2D eigenvalue weighted by atomic mass is 19.1. The largest absolute Gasteiger partial charge is 0.379 e. The second-order valence-electron chi connectivity index (χ2n) is 5.29. The van der Waals surface area contributed by atoms with E-state index < -0.39 is 0 Å². The average molecular weight is 268 g/mol. The maximum Gasteiger partial charge on any atom is 0.141 e. The van der Waals surface area contributed by atoms with Gasteiger partial charge in [0.05, 0.1) is 25.5 Å². The molecule has 1 atom stereocenters. The van der Waals surface area contributed by atoms with Crippen molar-refractivity contribution in [3.05, 3.63) is 29.8 Å². The SMILES string of the molecule is CC(C)(C(NN)c1cncc(F)c1)N1CCOCC1. The predicted octanol–water partition coefficient (Wildman–Crippen LogP) is 0.836. The van der Waals surface area contributed by atoms with Crippen LogP contribution in [0.15, 0.2) is 18.5 Å². The van der Waals surface area contributed by atoms with Crippen LogP contribution >= 0.6 is 0 Å². The summed E-state index contributed by atoms with van der Waals surface area (Å²) < 4.78 is 18.7. The minimum atomic E-state index is -0.351. The van der Waals surface area contributed by atoms with Gasteiger partial charge in [0.1, 0.15) is 5.82 Å². The Morgan fingerprint density at radius 2 is 2.11 bits per heavy atom. The number of aromatic nitrogens is 1. The van der Waals surface area contributed by atoms with Gasteiger partial charge in [-0.1, -0.05) is 0 Å². The summed E-state index contributed by atoms with van der Waals surface area (Å²) in [5, 5.41) is 0. The first-order valence-corrected chi connectivity index (χ1v) is 6.45. The number of morpholine rings is 1. The zero-order valence-corrected chi connectivity index (χ0v) is 11.4. The number of halogens is 1. The Kier molecular flexibility index (Phi) is 4.46. The zero-order valence-electron chi connectivity index (χ0n) is 11.4. The molecule has 0 saturated carbocycles. The first-order chi connectivity index (χ1) is 9.05. The quantitative estimate of drug-likeness (QED) is 0.626. The molecule has 1 saturated heterocycles. The molecule has 1 aliphatic heterocycles. The van der Waals surface area contributed by atoms with Crippen molar-refractivity contribution in [1.29, 1.82) is 0 Å². The third kappa shape index (κ3) is 3.09. The Bertz CT molecular complexity index is 421. The maximum absolute atomic E-state index is 13.3. The number of nitrogens with zero attached hydrogens (tertiary/aromatic N) is 2. The van der Waals surface area contributed by atoms with Crippen molar-refractivity contribution in [3.63, 3.8) is 0 Å². The van der Waals surface area contributed by atoms with E-state index in [0.29, 0.717) is 13.2 Å². The van der Waals surface area contributed by atoms with E-state index in [0.717, 1.165) is 18.7 Å². The minimum absolute atomic E-state index is 0.200. The molecule has 5 nitrogen and oxygen atoms in total. The van der Waals surface area contributed by atoms with Crippen LogP contribution in [0, 0.1) is 5.82 Å². The fourth-order valence-electron chi connectivity index (χ4n) is 2.62. The molecule has 1 aliphatic rings. The highest BCUT2D eigenvalue weighted by Gasteiger charge is 2.37. The van der Waals surface area contributed by atoms with Crippen LogP contribution in [-0.4, -0.2) is 41.7 Å². The van der Waals surface area contributed by atoms with E-state index in [1.807, 2.05) is 0 Å². The van der Waals surface area contributed by atoms with Gasteiger partial charge in [0.15, 0.2) is 0 Å². The Balaban J connectivity index is 2.24. The maximum atomic E-state index is 13.3. The van der Waals surface area contributed by atoms with Crippen LogP contribution in [-0.2, 0) is 4.74 Å². The monoisotopic (exact) mass is 268 g/mol. The fourth-order valence-corrected chi connectivity index (χ4v) is 2.62. The molecule has 0 radical (unpaired) electrons. The number of nitrogens with two attached hydrogens (primary N) is 1. The van der Waals surface area contributed by atoms with Gasteiger partial charge >= 0.3 is 0 Å². The van der Waals surface area contributed by atoms with Crippen LogP contribution in [0.5, 0.6) is 0 Å². The van der Waals surface area contributed by atoms with E-state index in [1.165, 1.54) is 12.3 Å². The van der Waals surface area contributed by atoms with E-state index in [9.17, 15) is 4.39 Å². The molecule has 6 heteroatoms. The molecule has 3 N–H and O–H groups in total. The molecule has 0 bridgehead atoms. The van der Waals surface area contributed by atoms with Gasteiger partial charge in [-0.3, -0.25) is 21.2 Å². The Morgan fingerprint density at radius 1 is 1.42 bits per heavy atom. The van der Waals surface area contributed by atoms with Gasteiger partial charge < -0.3 is 4.74 Å². The topological polar surface area (TPSA) is 63.4 Å². The molecule has 1 unspecified atom stereocenters. The lowest BCUT2D eigenvalue weighted by Crippen LogP contribution is -2.57. The van der Waals surface area contributed by atoms with Gasteiger partial charge in [0.25, 0.3) is 0 Å². The van der Waals surface area contributed by atoms with Gasteiger partial charge in [-0.25, -0.2) is 4.39 Å². The lowest BCUT2D eigenvalue weighted by molar-refractivity contribution is -0.0239. The van der Waals surface area contributed by atoms with E-state index in [1.54, 1.807) is 6.20 Å². The normalized spacial score (nSPS) is 19.4. The van der Waals surface area contributed by atoms with Crippen molar-refractivity contribution in [2.24, 2.45) is 5.84 Å². The van der Waals surface area contributed by atoms with Crippen LogP contribution < -0.4 is 11.3 Å². The predicted molar refractivity (Wildman–Crippen MR) is 70.7 cm³/mol. The highest BCUT2D eigenvalue weighted by Crippen LogP contribution is 2.31. The van der Waals surface area contributed by atoms with Crippen molar-refractivity contribution < 1.29 is 9.13 Å². The Hall–Kier alpha value is -1.08. The number of ether oxygens (including phenoxy) is 1. The molecule has 1 fully saturated rings. The van der Waals surface area contributed by atoms with Crippen molar-refractivity contribution in [1.82, 2.24) is 15.3 Å². The molecule has 106 valence electrons. The summed E-state index contributed by atoms with van der Waals surface area (Å²) >= 11 is 0. The smallest absolute Gasteiger partial charge is 0.141 e. The summed E-state index contributed by atoms with van der Waals surface area (Å²) in [7, 11) is 0. The first-order valence-electron chi connectivity index (χ1n) is 6.45. The molecular weight excluding hydrogens is 247 g/mol. The van der Waals surface area contributed by atoms with Crippen LogP contribution in [0.4, 0.5) is 4.39 Å². The summed E-state index contributed by atoms with van der Waals surface area (Å²) in [5.41, 5.74) is 3.29. The number of rotatable bonds is 4. The standard InChI is InChI=1S/C13H21FN4O/c1-13(2,18-3-5-19-6-4-18)12(17-15)10-7-11(14)9-16-8-10/h7-9,12,17H,3-6,15H2,1-2H3. The van der Waals surface area contributed by atoms with Crippen LogP contribution in [0.3, 0.4) is 0 Å². The first kappa shape index (κ1) is 14.3. The van der Waals surface area contributed by atoms with E-state index in [4.69, 9.17) is 10.6 Å². The van der Waals surface area contributed by atoms with Gasteiger partial charge in [-0.15, -0.1) is 0 Å². The minimum Gasteiger partial charge on any atom is -0.379 e. The van der Waals surface area contributed by atoms with E-state index in [2.05, 4.69) is 29.2 Å². The molecule has 0 spiro atoms. The fraction of sp³-hybridized carbons (Fsp3) is 0.615. The molecule has 19 heavy (non-hydrogen) atoms. The summed E-state index contributed by atoms with van der Waals surface area (Å²) in [6, 6.07) is 1.27. The van der Waals surface area contributed by atoms with Gasteiger partial charge in [-0.2, -0.15) is 0 Å². The lowest BCUT2D eigenvalue weighted by Gasteiger charge is -2.45. The number of nitrogens with one attached hydrogen (secondary N) is 1. The van der Waals surface area contributed by atoms with E-state index in [-0.39, 0.29) is 17.4 Å². The van der Waals surface area contributed by atoms with E-state index >= 15 is 0 Å². The molecule has 1 aromatic heterocycles. The highest BCUT2D eigenvalue weighted by molar-refractivity contribution is 5.19. The van der Waals surface area contributed by atoms with Crippen LogP contribution in [0.2, 0.25) is 0 Å². The number of hydrazine groups is 1. The number of hydrogen-bond acceptors (Lipinski definition) is 5. The lowest BCUT2D eigenvalue weighted by atomic mass is 9.87. The number of pyridine rings is 1. The van der Waals surface area contributed by atoms with Crippen LogP contribution in [0.1, 0.15) is 25.5 Å². The molecule has 1 aromatic rings. The van der Waals surface area contributed by atoms with Gasteiger partial charge in [-0.05, 0) is 25.5 Å². The second kappa shape index (κ2) is 5.92. The average Bonchev–Trinajstić information content (AvgIpc) is 2.40. The second-order valence-corrected chi connectivity index (χ2v) is 5.29. The van der Waals surface area contributed by atoms with Gasteiger partial charge in [0.2, 0.25) is 0 Å². The molecular formula is C13H21FN4O. The molecule has 0 aliphatic carbocycles. The van der Waals surface area contributed by atoms with Crippen LogP contribution in [0.25, 0.3) is 0 Å². The Morgan fingerprint density at radius 3 is 2.68 bits per heavy atom. The van der Waals surface area contributed by atoms with Gasteiger partial charge in [0, 0.05) is 24.8 Å². The summed E-state index contributed by atoms with van der Waals surface area (Å²) in [6.07, 6.45) is 2.84. The summed E-state index contributed by atoms with van der Waals surface area (Å²) in [5.74, 6) is 5.34. The molecule has 2 rings (SSSR count). The third-order valence-electron chi connectivity index (χ3n) is 3.76. The van der Waals surface area contributed by atoms with Crippen molar-refractivity contribution >= 4 is 0 Å². The van der Waals surface area contributed by atoms with Crippen molar-refractivity contribution in [2.75, 3.05) is 26.3 Å². The third-order valence-corrected chi connectivity index (χ3v) is 3.76. The molecule has 0 amide bonds. The zero-order chi connectivity index (χ0) is 13.9. The van der Waals surface area contributed by atoms with Crippen molar-refractivity contribution in [2.45, 2.75) is 25.4 Å².